The number of benzene rings is 1. The highest BCUT2D eigenvalue weighted by Gasteiger charge is 2.30. The summed E-state index contributed by atoms with van der Waals surface area (Å²) in [7, 11) is 0. The lowest BCUT2D eigenvalue weighted by Crippen LogP contribution is -2.35. The Balaban J connectivity index is 1.67. The molecule has 1 aliphatic rings. The van der Waals surface area contributed by atoms with E-state index in [1.807, 2.05) is 0 Å². The number of nitrogens with zero attached hydrogens (tertiary/aromatic N) is 2. The Morgan fingerprint density at radius 3 is 2.59 bits per heavy atom. The average Bonchev–Trinajstić information content (AvgIpc) is 2.66. The molecule has 0 aliphatic carbocycles. The molecule has 0 bridgehead atoms. The van der Waals surface area contributed by atoms with Gasteiger partial charge in [0, 0.05) is 25.8 Å². The highest BCUT2D eigenvalue weighted by Crippen LogP contribution is 2.30. The minimum Gasteiger partial charge on any atom is -0.365 e. The van der Waals surface area contributed by atoms with Gasteiger partial charge in [0.25, 0.3) is 5.91 Å². The molecular weight excluding hydrogens is 379 g/mol. The van der Waals surface area contributed by atoms with Crippen molar-refractivity contribution in [1.29, 1.82) is 0 Å². The second kappa shape index (κ2) is 8.17. The number of anilines is 1. The van der Waals surface area contributed by atoms with Crippen LogP contribution in [0.2, 0.25) is 5.02 Å². The summed E-state index contributed by atoms with van der Waals surface area (Å²) in [5.74, 6) is 0.220. The number of carbonyl (C=O) groups is 1. The predicted molar refractivity (Wildman–Crippen MR) is 97.8 cm³/mol. The van der Waals surface area contributed by atoms with E-state index >= 15 is 0 Å². The molecule has 1 N–H and O–H groups in total. The number of amides is 1. The Kier molecular flexibility index (Phi) is 5.89. The van der Waals surface area contributed by atoms with Crippen molar-refractivity contribution in [3.8, 4) is 0 Å². The summed E-state index contributed by atoms with van der Waals surface area (Å²) in [4.78, 5) is 18.4. The lowest BCUT2D eigenvalue weighted by molar-refractivity contribution is -0.137. The molecule has 0 atom stereocenters. The first-order valence-corrected chi connectivity index (χ1v) is 9.07. The van der Waals surface area contributed by atoms with Crippen LogP contribution in [0.1, 0.15) is 40.7 Å². The minimum absolute atomic E-state index is 0.103. The molecule has 144 valence electrons. The molecule has 2 aromatic rings. The van der Waals surface area contributed by atoms with E-state index in [0.717, 1.165) is 44.5 Å². The number of pyridine rings is 1. The Morgan fingerprint density at radius 1 is 1.19 bits per heavy atom. The fourth-order valence-electron chi connectivity index (χ4n) is 3.01. The zero-order valence-corrected chi connectivity index (χ0v) is 15.3. The first-order chi connectivity index (χ1) is 12.8. The van der Waals surface area contributed by atoms with Gasteiger partial charge in [-0.15, -0.1) is 0 Å². The van der Waals surface area contributed by atoms with Crippen molar-refractivity contribution in [2.75, 3.05) is 18.4 Å². The van der Waals surface area contributed by atoms with Crippen LogP contribution in [-0.4, -0.2) is 28.9 Å². The van der Waals surface area contributed by atoms with Gasteiger partial charge >= 0.3 is 6.18 Å². The van der Waals surface area contributed by atoms with Crippen LogP contribution in [0, 0.1) is 0 Å². The molecular formula is C19H19ClF3N3O. The van der Waals surface area contributed by atoms with Gasteiger partial charge in [0.2, 0.25) is 0 Å². The number of piperidine rings is 1. The zero-order valence-electron chi connectivity index (χ0n) is 14.5. The summed E-state index contributed by atoms with van der Waals surface area (Å²) in [6.45, 7) is 1.59. The third kappa shape index (κ3) is 4.91. The van der Waals surface area contributed by atoms with Gasteiger partial charge < -0.3 is 10.2 Å². The number of hydrogen-bond donors (Lipinski definition) is 1. The molecule has 0 radical (unpaired) electrons. The number of hydrogen-bond acceptors (Lipinski definition) is 3. The lowest BCUT2D eigenvalue weighted by Gasteiger charge is -2.26. The van der Waals surface area contributed by atoms with Gasteiger partial charge in [-0.2, -0.15) is 13.2 Å². The summed E-state index contributed by atoms with van der Waals surface area (Å²) < 4.78 is 38.3. The van der Waals surface area contributed by atoms with Crippen molar-refractivity contribution < 1.29 is 18.0 Å². The van der Waals surface area contributed by atoms with Gasteiger partial charge in [-0.25, -0.2) is 4.98 Å². The molecule has 1 aromatic carbocycles. The SMILES string of the molecule is O=C(c1cnc(NCc2cccc(C(F)(F)F)c2)c(Cl)c1)N1CCCCC1. The molecule has 1 amide bonds. The van der Waals surface area contributed by atoms with Crippen LogP contribution < -0.4 is 5.32 Å². The Labute approximate surface area is 160 Å². The molecule has 4 nitrogen and oxygen atoms in total. The van der Waals surface area contributed by atoms with Crippen LogP contribution in [-0.2, 0) is 12.7 Å². The molecule has 1 fully saturated rings. The van der Waals surface area contributed by atoms with Gasteiger partial charge in [-0.05, 0) is 43.0 Å². The highest BCUT2D eigenvalue weighted by molar-refractivity contribution is 6.33. The van der Waals surface area contributed by atoms with Crippen LogP contribution in [0.4, 0.5) is 19.0 Å². The van der Waals surface area contributed by atoms with E-state index < -0.39 is 11.7 Å². The van der Waals surface area contributed by atoms with Gasteiger partial charge in [0.1, 0.15) is 5.82 Å². The number of alkyl halides is 3. The lowest BCUT2D eigenvalue weighted by atomic mass is 10.1. The summed E-state index contributed by atoms with van der Waals surface area (Å²) in [5.41, 5.74) is 0.158. The van der Waals surface area contributed by atoms with E-state index in [1.54, 1.807) is 17.0 Å². The van der Waals surface area contributed by atoms with E-state index in [0.29, 0.717) is 16.9 Å². The topological polar surface area (TPSA) is 45.2 Å². The Bertz CT molecular complexity index is 820. The fraction of sp³-hybridized carbons (Fsp3) is 0.368. The Morgan fingerprint density at radius 2 is 1.93 bits per heavy atom. The van der Waals surface area contributed by atoms with Crippen LogP contribution >= 0.6 is 11.6 Å². The van der Waals surface area contributed by atoms with Crippen molar-refractivity contribution in [2.45, 2.75) is 32.0 Å². The zero-order chi connectivity index (χ0) is 19.4. The summed E-state index contributed by atoms with van der Waals surface area (Å²) in [6.07, 6.45) is 0.161. The van der Waals surface area contributed by atoms with Gasteiger partial charge in [-0.1, -0.05) is 23.7 Å². The van der Waals surface area contributed by atoms with Gasteiger partial charge in [-0.3, -0.25) is 4.79 Å². The third-order valence-corrected chi connectivity index (χ3v) is 4.73. The van der Waals surface area contributed by atoms with Gasteiger partial charge in [0.15, 0.2) is 0 Å². The average molecular weight is 398 g/mol. The monoisotopic (exact) mass is 397 g/mol. The molecule has 8 heteroatoms. The van der Waals surface area contributed by atoms with Crippen LogP contribution in [0.25, 0.3) is 0 Å². The van der Waals surface area contributed by atoms with Crippen LogP contribution in [0.5, 0.6) is 0 Å². The molecule has 0 spiro atoms. The smallest absolute Gasteiger partial charge is 0.365 e. The molecule has 1 saturated heterocycles. The molecule has 1 aromatic heterocycles. The number of likely N-dealkylation sites (tertiary alicyclic amines) is 1. The fourth-order valence-corrected chi connectivity index (χ4v) is 3.24. The number of rotatable bonds is 4. The molecule has 0 unspecified atom stereocenters. The largest absolute Gasteiger partial charge is 0.416 e. The number of carbonyl (C=O) groups excluding carboxylic acids is 1. The van der Waals surface area contributed by atoms with Crippen LogP contribution in [0.3, 0.4) is 0 Å². The first kappa shape index (κ1) is 19.5. The summed E-state index contributed by atoms with van der Waals surface area (Å²) in [5, 5.41) is 3.17. The van der Waals surface area contributed by atoms with E-state index in [-0.39, 0.29) is 17.5 Å². The number of halogens is 4. The van der Waals surface area contributed by atoms with Crippen molar-refractivity contribution in [3.05, 3.63) is 58.2 Å². The summed E-state index contributed by atoms with van der Waals surface area (Å²) >= 11 is 6.21. The second-order valence-electron chi connectivity index (χ2n) is 6.46. The Hall–Kier alpha value is -2.28. The quantitative estimate of drug-likeness (QED) is 0.790. The van der Waals surface area contributed by atoms with E-state index in [1.165, 1.54) is 12.3 Å². The van der Waals surface area contributed by atoms with Crippen molar-refractivity contribution >= 4 is 23.3 Å². The predicted octanol–water partition coefficient (Wildman–Crippen LogP) is 4.99. The number of nitrogens with one attached hydrogen (secondary N) is 1. The van der Waals surface area contributed by atoms with Crippen molar-refractivity contribution in [1.82, 2.24) is 9.88 Å². The molecule has 3 rings (SSSR count). The van der Waals surface area contributed by atoms with Crippen LogP contribution in [0.15, 0.2) is 36.5 Å². The van der Waals surface area contributed by atoms with E-state index in [2.05, 4.69) is 10.3 Å². The standard InChI is InChI=1S/C19H19ClF3N3O/c20-16-10-14(18(27)26-7-2-1-3-8-26)12-25-17(16)24-11-13-5-4-6-15(9-13)19(21,22)23/h4-6,9-10,12H,1-3,7-8,11H2,(H,24,25). The first-order valence-electron chi connectivity index (χ1n) is 8.69. The molecule has 27 heavy (non-hydrogen) atoms. The van der Waals surface area contributed by atoms with Gasteiger partial charge in [0.05, 0.1) is 16.1 Å². The number of aromatic nitrogens is 1. The summed E-state index contributed by atoms with van der Waals surface area (Å²) in [6, 6.07) is 6.59. The minimum atomic E-state index is -4.39. The highest BCUT2D eigenvalue weighted by atomic mass is 35.5. The maximum atomic E-state index is 12.8. The van der Waals surface area contributed by atoms with E-state index in [9.17, 15) is 18.0 Å². The molecule has 1 aliphatic heterocycles. The van der Waals surface area contributed by atoms with E-state index in [4.69, 9.17) is 11.6 Å². The molecule has 2 heterocycles. The molecule has 0 saturated carbocycles. The maximum absolute atomic E-state index is 12.8. The maximum Gasteiger partial charge on any atom is 0.416 e. The van der Waals surface area contributed by atoms with Crippen molar-refractivity contribution in [3.63, 3.8) is 0 Å². The normalized spacial score (nSPS) is 14.9. The third-order valence-electron chi connectivity index (χ3n) is 4.45. The second-order valence-corrected chi connectivity index (χ2v) is 6.87. The van der Waals surface area contributed by atoms with Crippen molar-refractivity contribution in [2.24, 2.45) is 0 Å².